The molecule has 5 heteroatoms. The first-order valence-corrected chi connectivity index (χ1v) is 6.84. The summed E-state index contributed by atoms with van der Waals surface area (Å²) in [5, 5.41) is 0. The molecule has 1 aliphatic rings. The van der Waals surface area contributed by atoms with Crippen molar-refractivity contribution in [2.75, 3.05) is 26.1 Å². The second-order valence-corrected chi connectivity index (χ2v) is 5.04. The lowest BCUT2D eigenvalue weighted by Crippen LogP contribution is -2.32. The lowest BCUT2D eigenvalue weighted by Gasteiger charge is -2.22. The Morgan fingerprint density at radius 3 is 2.74 bits per heavy atom. The van der Waals surface area contributed by atoms with E-state index >= 15 is 0 Å². The Balaban J connectivity index is 2.05. The van der Waals surface area contributed by atoms with Crippen LogP contribution in [0.3, 0.4) is 0 Å². The van der Waals surface area contributed by atoms with Crippen LogP contribution in [-0.4, -0.2) is 36.9 Å². The highest BCUT2D eigenvalue weighted by Gasteiger charge is 2.18. The van der Waals surface area contributed by atoms with Crippen LogP contribution in [0.2, 0.25) is 0 Å². The van der Waals surface area contributed by atoms with Gasteiger partial charge in [-0.05, 0) is 17.7 Å². The zero-order valence-corrected chi connectivity index (χ0v) is 11.9. The van der Waals surface area contributed by atoms with Crippen LogP contribution in [0.4, 0.5) is 0 Å². The Labute approximate surface area is 118 Å². The number of rotatable bonds is 4. The maximum absolute atomic E-state index is 12.0. The average molecular weight is 284 g/mol. The van der Waals surface area contributed by atoms with Gasteiger partial charge in [-0.15, -0.1) is 11.6 Å². The summed E-state index contributed by atoms with van der Waals surface area (Å²) in [6.07, 6.45) is 0. The van der Waals surface area contributed by atoms with Crippen molar-refractivity contribution in [2.24, 2.45) is 5.92 Å². The number of halogens is 1. The van der Waals surface area contributed by atoms with Crippen molar-refractivity contribution < 1.29 is 14.3 Å². The third kappa shape index (κ3) is 3.32. The fourth-order valence-electron chi connectivity index (χ4n) is 1.98. The van der Waals surface area contributed by atoms with E-state index in [0.717, 1.165) is 17.1 Å². The SMILES string of the molecule is CC(CCl)C(=O)N(C)Cc1ccc2c(c1)OCCO2. The molecule has 0 aromatic heterocycles. The zero-order valence-electron chi connectivity index (χ0n) is 11.2. The topological polar surface area (TPSA) is 38.8 Å². The van der Waals surface area contributed by atoms with E-state index in [4.69, 9.17) is 21.1 Å². The molecule has 1 amide bonds. The molecular weight excluding hydrogens is 266 g/mol. The van der Waals surface area contributed by atoms with Crippen LogP contribution in [0.5, 0.6) is 11.5 Å². The molecule has 19 heavy (non-hydrogen) atoms. The minimum absolute atomic E-state index is 0.0462. The van der Waals surface area contributed by atoms with Crippen LogP contribution in [0, 0.1) is 5.92 Å². The predicted molar refractivity (Wildman–Crippen MR) is 73.8 cm³/mol. The minimum Gasteiger partial charge on any atom is -0.486 e. The standard InChI is InChI=1S/C14H18ClNO3/c1-10(8-15)14(17)16(2)9-11-3-4-12-13(7-11)19-6-5-18-12/h3-4,7,10H,5-6,8-9H2,1-2H3. The molecule has 0 saturated carbocycles. The van der Waals surface area contributed by atoms with Crippen LogP contribution >= 0.6 is 11.6 Å². The number of hydrogen-bond donors (Lipinski definition) is 0. The number of hydrogen-bond acceptors (Lipinski definition) is 3. The van der Waals surface area contributed by atoms with E-state index in [-0.39, 0.29) is 11.8 Å². The monoisotopic (exact) mass is 283 g/mol. The molecule has 0 spiro atoms. The van der Waals surface area contributed by atoms with Crippen molar-refractivity contribution >= 4 is 17.5 Å². The van der Waals surface area contributed by atoms with Gasteiger partial charge in [-0.1, -0.05) is 13.0 Å². The van der Waals surface area contributed by atoms with Crippen molar-refractivity contribution in [3.8, 4) is 11.5 Å². The van der Waals surface area contributed by atoms with Crippen LogP contribution < -0.4 is 9.47 Å². The van der Waals surface area contributed by atoms with Gasteiger partial charge in [-0.3, -0.25) is 4.79 Å². The summed E-state index contributed by atoms with van der Waals surface area (Å²) < 4.78 is 11.0. The molecule has 2 rings (SSSR count). The molecule has 0 fully saturated rings. The molecule has 1 heterocycles. The first-order chi connectivity index (χ1) is 9.11. The zero-order chi connectivity index (χ0) is 13.8. The number of amides is 1. The van der Waals surface area contributed by atoms with Crippen LogP contribution in [-0.2, 0) is 11.3 Å². The summed E-state index contributed by atoms with van der Waals surface area (Å²) >= 11 is 5.70. The number of benzene rings is 1. The Bertz CT molecular complexity index is 464. The molecule has 1 aromatic rings. The average Bonchev–Trinajstić information content (AvgIpc) is 2.45. The van der Waals surface area contributed by atoms with Crippen molar-refractivity contribution in [1.82, 2.24) is 4.90 Å². The summed E-state index contributed by atoms with van der Waals surface area (Å²) in [6.45, 7) is 3.51. The van der Waals surface area contributed by atoms with E-state index in [0.29, 0.717) is 25.6 Å². The highest BCUT2D eigenvalue weighted by molar-refractivity contribution is 6.19. The number of alkyl halides is 1. The van der Waals surface area contributed by atoms with Gasteiger partial charge in [0.1, 0.15) is 13.2 Å². The second kappa shape index (κ2) is 6.15. The van der Waals surface area contributed by atoms with Crippen LogP contribution in [0.15, 0.2) is 18.2 Å². The van der Waals surface area contributed by atoms with Crippen LogP contribution in [0.25, 0.3) is 0 Å². The Kier molecular flexibility index (Phi) is 4.53. The van der Waals surface area contributed by atoms with Gasteiger partial charge in [0.2, 0.25) is 5.91 Å². The van der Waals surface area contributed by atoms with Crippen molar-refractivity contribution in [2.45, 2.75) is 13.5 Å². The summed E-state index contributed by atoms with van der Waals surface area (Å²) in [4.78, 5) is 13.6. The normalized spacial score (nSPS) is 14.9. The van der Waals surface area contributed by atoms with E-state index in [2.05, 4.69) is 0 Å². The maximum Gasteiger partial charge on any atom is 0.226 e. The first-order valence-electron chi connectivity index (χ1n) is 6.31. The van der Waals surface area contributed by atoms with Gasteiger partial charge >= 0.3 is 0 Å². The smallest absolute Gasteiger partial charge is 0.226 e. The molecule has 0 aliphatic carbocycles. The summed E-state index contributed by atoms with van der Waals surface area (Å²) in [5.41, 5.74) is 1.02. The van der Waals surface area contributed by atoms with Crippen molar-refractivity contribution in [3.05, 3.63) is 23.8 Å². The molecule has 1 unspecified atom stereocenters. The van der Waals surface area contributed by atoms with E-state index in [1.165, 1.54) is 0 Å². The molecule has 0 bridgehead atoms. The van der Waals surface area contributed by atoms with Gasteiger partial charge in [0.25, 0.3) is 0 Å². The largest absolute Gasteiger partial charge is 0.486 e. The third-order valence-corrected chi connectivity index (χ3v) is 3.52. The molecule has 0 N–H and O–H groups in total. The Morgan fingerprint density at radius 2 is 2.05 bits per heavy atom. The van der Waals surface area contributed by atoms with E-state index in [1.807, 2.05) is 25.1 Å². The minimum atomic E-state index is -0.163. The summed E-state index contributed by atoms with van der Waals surface area (Å²) in [6, 6.07) is 5.75. The van der Waals surface area contributed by atoms with Gasteiger partial charge in [0.15, 0.2) is 11.5 Å². The third-order valence-electron chi connectivity index (χ3n) is 3.06. The first kappa shape index (κ1) is 14.0. The fourth-order valence-corrected chi connectivity index (χ4v) is 2.11. The highest BCUT2D eigenvalue weighted by atomic mass is 35.5. The number of carbonyl (C=O) groups excluding carboxylic acids is 1. The fraction of sp³-hybridized carbons (Fsp3) is 0.500. The molecule has 1 aliphatic heterocycles. The van der Waals surface area contributed by atoms with E-state index < -0.39 is 0 Å². The number of carbonyl (C=O) groups is 1. The molecule has 1 atom stereocenters. The summed E-state index contributed by atoms with van der Waals surface area (Å²) in [7, 11) is 1.78. The summed E-state index contributed by atoms with van der Waals surface area (Å²) in [5.74, 6) is 1.73. The maximum atomic E-state index is 12.0. The molecular formula is C14H18ClNO3. The van der Waals surface area contributed by atoms with Crippen molar-refractivity contribution in [3.63, 3.8) is 0 Å². The number of ether oxygens (including phenoxy) is 2. The quantitative estimate of drug-likeness (QED) is 0.796. The van der Waals surface area contributed by atoms with Crippen molar-refractivity contribution in [1.29, 1.82) is 0 Å². The van der Waals surface area contributed by atoms with E-state index in [1.54, 1.807) is 11.9 Å². The van der Waals surface area contributed by atoms with Gasteiger partial charge in [-0.2, -0.15) is 0 Å². The highest BCUT2D eigenvalue weighted by Crippen LogP contribution is 2.31. The van der Waals surface area contributed by atoms with Gasteiger partial charge in [0.05, 0.1) is 0 Å². The van der Waals surface area contributed by atoms with Gasteiger partial charge in [-0.25, -0.2) is 0 Å². The molecule has 104 valence electrons. The lowest BCUT2D eigenvalue weighted by atomic mass is 10.1. The molecule has 0 saturated heterocycles. The number of nitrogens with zero attached hydrogens (tertiary/aromatic N) is 1. The molecule has 0 radical (unpaired) electrons. The number of fused-ring (bicyclic) bond motifs is 1. The predicted octanol–water partition coefficient (Wildman–Crippen LogP) is 2.29. The van der Waals surface area contributed by atoms with Crippen LogP contribution in [0.1, 0.15) is 12.5 Å². The second-order valence-electron chi connectivity index (χ2n) is 4.73. The molecule has 4 nitrogen and oxygen atoms in total. The van der Waals surface area contributed by atoms with Gasteiger partial charge in [0, 0.05) is 25.4 Å². The Morgan fingerprint density at radius 1 is 1.37 bits per heavy atom. The van der Waals surface area contributed by atoms with E-state index in [9.17, 15) is 4.79 Å². The molecule has 1 aromatic carbocycles. The lowest BCUT2D eigenvalue weighted by molar-refractivity contribution is -0.133. The van der Waals surface area contributed by atoms with Gasteiger partial charge < -0.3 is 14.4 Å². The Hall–Kier alpha value is -1.42.